The third-order valence-corrected chi connectivity index (χ3v) is 9.05. The van der Waals surface area contributed by atoms with Gasteiger partial charge in [-0.25, -0.2) is 0 Å². The summed E-state index contributed by atoms with van der Waals surface area (Å²) in [6.07, 6.45) is 19.7. The van der Waals surface area contributed by atoms with Gasteiger partial charge in [0.25, 0.3) is 0 Å². The van der Waals surface area contributed by atoms with Crippen LogP contribution in [0.2, 0.25) is 0 Å². The van der Waals surface area contributed by atoms with Crippen LogP contribution in [-0.4, -0.2) is 0 Å². The standard InChI is InChI=1S/C39H42/c1-5-31-12-14-33(15-13-31)27-34-16-19-36(20-17-34)39(30(4)29(3)26-32-9-7-6-8-10-32)37-23-21-35(22-24-37)38-18-11-28(2)25-38/h1,6-15,18,21-25,28-29,34,36,39H,4,16-17,19-20,26-27H2,2-3H3. The normalized spacial score (nSPS) is 22.1. The Kier molecular flexibility index (Phi) is 8.68. The Bertz CT molecular complexity index is 1340. The van der Waals surface area contributed by atoms with Crippen LogP contribution >= 0.6 is 0 Å². The second kappa shape index (κ2) is 12.5. The Labute approximate surface area is 236 Å². The highest BCUT2D eigenvalue weighted by molar-refractivity contribution is 5.76. The van der Waals surface area contributed by atoms with Gasteiger partial charge in [-0.05, 0) is 102 Å². The summed E-state index contributed by atoms with van der Waals surface area (Å²) in [5, 5.41) is 0. The van der Waals surface area contributed by atoms with Crippen molar-refractivity contribution in [3.63, 3.8) is 0 Å². The first-order valence-corrected chi connectivity index (χ1v) is 14.8. The molecule has 0 amide bonds. The van der Waals surface area contributed by atoms with Crippen molar-refractivity contribution >= 4 is 5.57 Å². The summed E-state index contributed by atoms with van der Waals surface area (Å²) < 4.78 is 0. The Hall–Kier alpha value is -3.56. The minimum atomic E-state index is 0.403. The predicted molar refractivity (Wildman–Crippen MR) is 167 cm³/mol. The van der Waals surface area contributed by atoms with E-state index in [0.717, 1.165) is 24.3 Å². The van der Waals surface area contributed by atoms with Crippen LogP contribution in [0.15, 0.2) is 109 Å². The molecule has 2 aliphatic carbocycles. The van der Waals surface area contributed by atoms with Crippen molar-refractivity contribution in [3.05, 3.63) is 137 Å². The topological polar surface area (TPSA) is 0 Å². The number of hydrogen-bond donors (Lipinski definition) is 0. The van der Waals surface area contributed by atoms with Crippen LogP contribution in [0.3, 0.4) is 0 Å². The summed E-state index contributed by atoms with van der Waals surface area (Å²) in [4.78, 5) is 0. The lowest BCUT2D eigenvalue weighted by Crippen LogP contribution is -2.25. The first-order valence-electron chi connectivity index (χ1n) is 14.8. The largest absolute Gasteiger partial charge is 0.115 e. The molecule has 5 rings (SSSR count). The number of benzene rings is 3. The fourth-order valence-electron chi connectivity index (χ4n) is 6.72. The molecule has 1 fully saturated rings. The maximum atomic E-state index is 5.55. The summed E-state index contributed by atoms with van der Waals surface area (Å²) in [6, 6.07) is 28.9. The maximum Gasteiger partial charge on any atom is 0.0242 e. The molecular weight excluding hydrogens is 468 g/mol. The molecule has 1 saturated carbocycles. The van der Waals surface area contributed by atoms with Gasteiger partial charge in [-0.15, -0.1) is 6.42 Å². The fraction of sp³-hybridized carbons (Fsp3) is 0.333. The molecule has 0 bridgehead atoms. The Morgan fingerprint density at radius 3 is 2.21 bits per heavy atom. The lowest BCUT2D eigenvalue weighted by molar-refractivity contribution is 0.248. The lowest BCUT2D eigenvalue weighted by Gasteiger charge is -2.37. The molecule has 3 aromatic carbocycles. The van der Waals surface area contributed by atoms with Crippen molar-refractivity contribution < 1.29 is 0 Å². The molecule has 0 radical (unpaired) electrons. The van der Waals surface area contributed by atoms with Gasteiger partial charge in [-0.1, -0.05) is 117 Å². The second-order valence-corrected chi connectivity index (χ2v) is 11.9. The molecule has 198 valence electrons. The van der Waals surface area contributed by atoms with Crippen LogP contribution in [0.25, 0.3) is 5.57 Å². The zero-order chi connectivity index (χ0) is 27.2. The van der Waals surface area contributed by atoms with Crippen molar-refractivity contribution in [1.29, 1.82) is 0 Å². The molecule has 0 spiro atoms. The van der Waals surface area contributed by atoms with Crippen LogP contribution < -0.4 is 0 Å². The molecule has 0 heteroatoms. The summed E-state index contributed by atoms with van der Waals surface area (Å²) in [7, 11) is 0. The third kappa shape index (κ3) is 6.72. The van der Waals surface area contributed by atoms with E-state index < -0.39 is 0 Å². The average molecular weight is 511 g/mol. The monoisotopic (exact) mass is 510 g/mol. The smallest absolute Gasteiger partial charge is 0.0242 e. The van der Waals surface area contributed by atoms with Gasteiger partial charge >= 0.3 is 0 Å². The van der Waals surface area contributed by atoms with E-state index in [-0.39, 0.29) is 0 Å². The highest BCUT2D eigenvalue weighted by Gasteiger charge is 2.32. The summed E-state index contributed by atoms with van der Waals surface area (Å²) >= 11 is 0. The van der Waals surface area contributed by atoms with Crippen molar-refractivity contribution in [2.75, 3.05) is 0 Å². The van der Waals surface area contributed by atoms with Gasteiger partial charge in [0.2, 0.25) is 0 Å². The zero-order valence-electron chi connectivity index (χ0n) is 23.7. The van der Waals surface area contributed by atoms with Crippen molar-refractivity contribution in [1.82, 2.24) is 0 Å². The lowest BCUT2D eigenvalue weighted by atomic mass is 9.68. The van der Waals surface area contributed by atoms with Gasteiger partial charge in [0, 0.05) is 11.5 Å². The van der Waals surface area contributed by atoms with Gasteiger partial charge in [0.05, 0.1) is 0 Å². The van der Waals surface area contributed by atoms with Gasteiger partial charge in [0.1, 0.15) is 0 Å². The van der Waals surface area contributed by atoms with E-state index in [9.17, 15) is 0 Å². The Morgan fingerprint density at radius 1 is 0.897 bits per heavy atom. The molecule has 0 aliphatic heterocycles. The van der Waals surface area contributed by atoms with Crippen LogP contribution in [0.1, 0.15) is 73.3 Å². The minimum absolute atomic E-state index is 0.403. The molecule has 2 aliphatic rings. The van der Waals surface area contributed by atoms with Crippen LogP contribution in [0.4, 0.5) is 0 Å². The number of hydrogen-bond acceptors (Lipinski definition) is 0. The molecule has 0 nitrogen and oxygen atoms in total. The van der Waals surface area contributed by atoms with Crippen molar-refractivity contribution in [3.8, 4) is 12.3 Å². The van der Waals surface area contributed by atoms with E-state index in [2.05, 4.69) is 117 Å². The predicted octanol–water partition coefficient (Wildman–Crippen LogP) is 9.82. The highest BCUT2D eigenvalue weighted by atomic mass is 14.4. The van der Waals surface area contributed by atoms with Crippen LogP contribution in [0.5, 0.6) is 0 Å². The molecule has 3 aromatic rings. The molecule has 0 N–H and O–H groups in total. The second-order valence-electron chi connectivity index (χ2n) is 11.9. The van der Waals surface area contributed by atoms with E-state index >= 15 is 0 Å². The van der Waals surface area contributed by atoms with Crippen molar-refractivity contribution in [2.24, 2.45) is 23.7 Å². The molecule has 39 heavy (non-hydrogen) atoms. The van der Waals surface area contributed by atoms with Gasteiger partial charge in [-0.2, -0.15) is 0 Å². The third-order valence-electron chi connectivity index (χ3n) is 9.05. The SMILES string of the molecule is C#Cc1ccc(CC2CCC(C(C(=C)C(C)Cc3ccccc3)c3ccc(C4=CC(C)C=C4)cc3)CC2)cc1. The van der Waals surface area contributed by atoms with E-state index in [1.807, 2.05) is 0 Å². The quantitative estimate of drug-likeness (QED) is 0.198. The average Bonchev–Trinajstić information content (AvgIpc) is 3.41. The fourth-order valence-corrected chi connectivity index (χ4v) is 6.72. The van der Waals surface area contributed by atoms with E-state index in [1.54, 1.807) is 0 Å². The van der Waals surface area contributed by atoms with Crippen LogP contribution in [-0.2, 0) is 12.8 Å². The van der Waals surface area contributed by atoms with Crippen molar-refractivity contribution in [2.45, 2.75) is 58.3 Å². The summed E-state index contributed by atoms with van der Waals surface area (Å²) in [5.41, 5.74) is 9.28. The van der Waals surface area contributed by atoms with Gasteiger partial charge in [0.15, 0.2) is 0 Å². The molecule has 3 unspecified atom stereocenters. The Morgan fingerprint density at radius 2 is 1.59 bits per heavy atom. The van der Waals surface area contributed by atoms with E-state index in [0.29, 0.717) is 23.7 Å². The zero-order valence-corrected chi connectivity index (χ0v) is 23.7. The molecule has 0 aromatic heterocycles. The molecule has 0 heterocycles. The molecular formula is C39H42. The maximum absolute atomic E-state index is 5.55. The van der Waals surface area contributed by atoms with Gasteiger partial charge < -0.3 is 0 Å². The number of rotatable bonds is 9. The van der Waals surface area contributed by atoms with E-state index in [1.165, 1.54) is 59.1 Å². The number of allylic oxidation sites excluding steroid dienone is 5. The first kappa shape index (κ1) is 27.0. The Balaban J connectivity index is 1.32. The highest BCUT2D eigenvalue weighted by Crippen LogP contribution is 2.45. The molecule has 3 atom stereocenters. The minimum Gasteiger partial charge on any atom is -0.115 e. The number of terminal acetylenes is 1. The van der Waals surface area contributed by atoms with Crippen LogP contribution in [0, 0.1) is 36.0 Å². The first-order chi connectivity index (χ1) is 19.0. The summed E-state index contributed by atoms with van der Waals surface area (Å²) in [6.45, 7) is 9.39. The van der Waals surface area contributed by atoms with Gasteiger partial charge in [-0.3, -0.25) is 0 Å². The van der Waals surface area contributed by atoms with E-state index in [4.69, 9.17) is 13.0 Å². The summed E-state index contributed by atoms with van der Waals surface area (Å²) in [5.74, 6) is 5.49. The molecule has 0 saturated heterocycles.